The van der Waals surface area contributed by atoms with E-state index in [1.54, 1.807) is 35.4 Å². The van der Waals surface area contributed by atoms with Crippen LogP contribution in [0.25, 0.3) is 11.3 Å². The molecule has 106 valence electrons. The summed E-state index contributed by atoms with van der Waals surface area (Å²) in [7, 11) is 1.32. The third-order valence-electron chi connectivity index (χ3n) is 2.84. The van der Waals surface area contributed by atoms with E-state index in [1.165, 1.54) is 18.4 Å². The highest BCUT2D eigenvalue weighted by Gasteiger charge is 2.22. The summed E-state index contributed by atoms with van der Waals surface area (Å²) in [5.74, 6) is -0.521. The smallest absolute Gasteiger partial charge is 0.360 e. The van der Waals surface area contributed by atoms with Crippen LogP contribution in [-0.2, 0) is 11.3 Å². The van der Waals surface area contributed by atoms with Gasteiger partial charge in [0.2, 0.25) is 0 Å². The van der Waals surface area contributed by atoms with E-state index in [4.69, 9.17) is 4.74 Å². The molecule has 0 aliphatic carbocycles. The predicted molar refractivity (Wildman–Crippen MR) is 75.8 cm³/mol. The van der Waals surface area contributed by atoms with Gasteiger partial charge in [-0.15, -0.1) is 16.4 Å². The first kappa shape index (κ1) is 13.4. The fraction of sp³-hybridized carbons (Fsp3) is 0.154. The average molecular weight is 301 g/mol. The Labute approximate surface area is 124 Å². The molecule has 0 spiro atoms. The number of hydrogen-bond donors (Lipinski definition) is 0. The maximum absolute atomic E-state index is 11.9. The minimum Gasteiger partial charge on any atom is -0.464 e. The zero-order valence-electron chi connectivity index (χ0n) is 11.1. The van der Waals surface area contributed by atoms with Gasteiger partial charge in [-0.2, -0.15) is 0 Å². The Bertz CT molecular complexity index is 739. The van der Waals surface area contributed by atoms with Gasteiger partial charge in [0, 0.05) is 29.5 Å². The number of rotatable bonds is 4. The molecule has 21 heavy (non-hydrogen) atoms. The van der Waals surface area contributed by atoms with Crippen LogP contribution >= 0.6 is 11.3 Å². The number of nitrogens with zero attached hydrogens (tertiary/aromatic N) is 5. The molecule has 0 bridgehead atoms. The molecule has 0 fully saturated rings. The van der Waals surface area contributed by atoms with Gasteiger partial charge in [0.05, 0.1) is 13.7 Å². The minimum absolute atomic E-state index is 0.181. The van der Waals surface area contributed by atoms with Gasteiger partial charge in [0.25, 0.3) is 0 Å². The van der Waals surface area contributed by atoms with E-state index >= 15 is 0 Å². The Balaban J connectivity index is 2.08. The fourth-order valence-corrected chi connectivity index (χ4v) is 2.51. The number of hydrogen-bond acceptors (Lipinski definition) is 7. The van der Waals surface area contributed by atoms with Gasteiger partial charge >= 0.3 is 5.97 Å². The molecule has 0 aliphatic heterocycles. The van der Waals surface area contributed by atoms with Crippen molar-refractivity contribution in [2.24, 2.45) is 0 Å². The molecule has 3 aromatic heterocycles. The van der Waals surface area contributed by atoms with E-state index in [-0.39, 0.29) is 5.69 Å². The minimum atomic E-state index is -0.521. The van der Waals surface area contributed by atoms with Crippen LogP contribution in [0, 0.1) is 0 Å². The van der Waals surface area contributed by atoms with Gasteiger partial charge < -0.3 is 4.74 Å². The zero-order chi connectivity index (χ0) is 14.7. The van der Waals surface area contributed by atoms with Crippen molar-refractivity contribution >= 4 is 17.3 Å². The number of carbonyl (C=O) groups is 1. The highest BCUT2D eigenvalue weighted by molar-refractivity contribution is 7.09. The lowest BCUT2D eigenvalue weighted by molar-refractivity contribution is 0.0595. The van der Waals surface area contributed by atoms with E-state index in [1.807, 2.05) is 5.38 Å². The first-order chi connectivity index (χ1) is 10.3. The van der Waals surface area contributed by atoms with Crippen molar-refractivity contribution in [2.75, 3.05) is 7.11 Å². The SMILES string of the molecule is COC(=O)c1nnn(Cc2nccs2)c1-c1ccncc1. The summed E-state index contributed by atoms with van der Waals surface area (Å²) >= 11 is 1.52. The molecule has 0 atom stereocenters. The van der Waals surface area contributed by atoms with Crippen molar-refractivity contribution in [2.45, 2.75) is 6.54 Å². The number of thiazole rings is 1. The number of carbonyl (C=O) groups excluding carboxylic acids is 1. The van der Waals surface area contributed by atoms with Gasteiger partial charge in [0.1, 0.15) is 10.7 Å². The van der Waals surface area contributed by atoms with Crippen LogP contribution in [0.4, 0.5) is 0 Å². The second kappa shape index (κ2) is 5.80. The van der Waals surface area contributed by atoms with E-state index in [2.05, 4.69) is 20.3 Å². The summed E-state index contributed by atoms with van der Waals surface area (Å²) in [6, 6.07) is 3.59. The highest BCUT2D eigenvalue weighted by atomic mass is 32.1. The second-order valence-electron chi connectivity index (χ2n) is 4.10. The van der Waals surface area contributed by atoms with E-state index < -0.39 is 5.97 Å². The van der Waals surface area contributed by atoms with Crippen LogP contribution < -0.4 is 0 Å². The van der Waals surface area contributed by atoms with E-state index in [0.717, 1.165) is 10.6 Å². The Morgan fingerprint density at radius 1 is 1.33 bits per heavy atom. The van der Waals surface area contributed by atoms with E-state index in [9.17, 15) is 4.79 Å². The molecule has 3 heterocycles. The molecule has 0 N–H and O–H groups in total. The Hall–Kier alpha value is -2.61. The number of aromatic nitrogens is 5. The van der Waals surface area contributed by atoms with Gasteiger partial charge in [-0.05, 0) is 12.1 Å². The van der Waals surface area contributed by atoms with Gasteiger partial charge in [-0.1, -0.05) is 5.21 Å². The molecule has 0 radical (unpaired) electrons. The van der Waals surface area contributed by atoms with Crippen LogP contribution in [0.5, 0.6) is 0 Å². The van der Waals surface area contributed by atoms with Crippen LogP contribution in [0.3, 0.4) is 0 Å². The first-order valence-corrected chi connectivity index (χ1v) is 6.98. The predicted octanol–water partition coefficient (Wildman–Crippen LogP) is 1.63. The second-order valence-corrected chi connectivity index (χ2v) is 5.08. The number of ether oxygens (including phenoxy) is 1. The van der Waals surface area contributed by atoms with Crippen LogP contribution in [-0.4, -0.2) is 38.0 Å². The molecule has 0 aromatic carbocycles. The molecule has 0 aliphatic rings. The molecule has 0 saturated heterocycles. The lowest BCUT2D eigenvalue weighted by atomic mass is 10.1. The quantitative estimate of drug-likeness (QED) is 0.681. The topological polar surface area (TPSA) is 82.8 Å². The molecular weight excluding hydrogens is 290 g/mol. The van der Waals surface area contributed by atoms with Crippen LogP contribution in [0.15, 0.2) is 36.1 Å². The number of pyridine rings is 1. The summed E-state index contributed by atoms with van der Waals surface area (Å²) < 4.78 is 6.40. The van der Waals surface area contributed by atoms with Gasteiger partial charge in [-0.25, -0.2) is 14.5 Å². The molecule has 3 rings (SSSR count). The zero-order valence-corrected chi connectivity index (χ0v) is 11.9. The monoisotopic (exact) mass is 301 g/mol. The van der Waals surface area contributed by atoms with Crippen molar-refractivity contribution in [3.8, 4) is 11.3 Å². The fourth-order valence-electron chi connectivity index (χ4n) is 1.91. The highest BCUT2D eigenvalue weighted by Crippen LogP contribution is 2.23. The Kier molecular flexibility index (Phi) is 3.69. The summed E-state index contributed by atoms with van der Waals surface area (Å²) in [4.78, 5) is 20.1. The third kappa shape index (κ3) is 2.65. The summed E-state index contributed by atoms with van der Waals surface area (Å²) in [6.45, 7) is 0.444. The number of methoxy groups -OCH3 is 1. The Morgan fingerprint density at radius 3 is 2.81 bits per heavy atom. The maximum Gasteiger partial charge on any atom is 0.360 e. The molecule has 3 aromatic rings. The molecule has 0 amide bonds. The summed E-state index contributed by atoms with van der Waals surface area (Å²) in [6.07, 6.45) is 5.03. The standard InChI is InChI=1S/C13H11N5O2S/c1-20-13(19)11-12(9-2-4-14-5-3-9)18(17-16-11)8-10-15-6-7-21-10/h2-7H,8H2,1H3. The van der Waals surface area contributed by atoms with Crippen molar-refractivity contribution in [1.29, 1.82) is 0 Å². The number of esters is 1. The lowest BCUT2D eigenvalue weighted by Gasteiger charge is -2.06. The van der Waals surface area contributed by atoms with Gasteiger partial charge in [0.15, 0.2) is 5.69 Å². The first-order valence-electron chi connectivity index (χ1n) is 6.10. The van der Waals surface area contributed by atoms with Crippen LogP contribution in [0.1, 0.15) is 15.5 Å². The molecule has 8 heteroatoms. The molecular formula is C13H11N5O2S. The molecule has 0 unspecified atom stereocenters. The van der Waals surface area contributed by atoms with Crippen molar-refractivity contribution in [3.63, 3.8) is 0 Å². The largest absolute Gasteiger partial charge is 0.464 e. The summed E-state index contributed by atoms with van der Waals surface area (Å²) in [5.41, 5.74) is 1.58. The van der Waals surface area contributed by atoms with Crippen molar-refractivity contribution in [1.82, 2.24) is 25.0 Å². The van der Waals surface area contributed by atoms with Gasteiger partial charge in [-0.3, -0.25) is 4.98 Å². The average Bonchev–Trinajstić information content (AvgIpc) is 3.17. The molecule has 7 nitrogen and oxygen atoms in total. The normalized spacial score (nSPS) is 10.5. The van der Waals surface area contributed by atoms with Crippen LogP contribution in [0.2, 0.25) is 0 Å². The van der Waals surface area contributed by atoms with E-state index in [0.29, 0.717) is 12.2 Å². The Morgan fingerprint density at radius 2 is 2.14 bits per heavy atom. The van der Waals surface area contributed by atoms with Crippen molar-refractivity contribution in [3.05, 3.63) is 46.8 Å². The maximum atomic E-state index is 11.9. The third-order valence-corrected chi connectivity index (χ3v) is 3.60. The summed E-state index contributed by atoms with van der Waals surface area (Å²) in [5, 5.41) is 10.8. The lowest BCUT2D eigenvalue weighted by Crippen LogP contribution is -2.07. The molecule has 0 saturated carbocycles. The van der Waals surface area contributed by atoms with Crippen molar-refractivity contribution < 1.29 is 9.53 Å².